The first-order valence-electron chi connectivity index (χ1n) is 5.82. The molecule has 17 heavy (non-hydrogen) atoms. The minimum absolute atomic E-state index is 0.0915. The van der Waals surface area contributed by atoms with Crippen LogP contribution in [0.2, 0.25) is 0 Å². The van der Waals surface area contributed by atoms with Crippen LogP contribution < -0.4 is 5.73 Å². The SMILES string of the molecule is CC(C)=C[C@@H]1[C@@H](C(=O)O[C@H](C)C(N)=O)C1(C)C. The molecule has 0 aliphatic heterocycles. The number of carbonyl (C=O) groups excluding carboxylic acids is 2. The number of hydrogen-bond acceptors (Lipinski definition) is 3. The molecular weight excluding hydrogens is 218 g/mol. The monoisotopic (exact) mass is 239 g/mol. The molecule has 4 nitrogen and oxygen atoms in total. The summed E-state index contributed by atoms with van der Waals surface area (Å²) < 4.78 is 5.04. The molecule has 3 atom stereocenters. The first-order valence-corrected chi connectivity index (χ1v) is 5.82. The van der Waals surface area contributed by atoms with Crippen LogP contribution in [0.15, 0.2) is 11.6 Å². The highest BCUT2D eigenvalue weighted by molar-refractivity contribution is 5.84. The zero-order valence-corrected chi connectivity index (χ0v) is 11.1. The summed E-state index contributed by atoms with van der Waals surface area (Å²) in [4.78, 5) is 22.7. The number of hydrogen-bond donors (Lipinski definition) is 1. The number of allylic oxidation sites excluding steroid dienone is 2. The van der Waals surface area contributed by atoms with Crippen molar-refractivity contribution in [3.05, 3.63) is 11.6 Å². The molecule has 0 aromatic rings. The zero-order valence-electron chi connectivity index (χ0n) is 11.1. The van der Waals surface area contributed by atoms with Gasteiger partial charge in [0.2, 0.25) is 0 Å². The van der Waals surface area contributed by atoms with Crippen LogP contribution in [0.1, 0.15) is 34.6 Å². The van der Waals surface area contributed by atoms with Crippen LogP contribution in [-0.4, -0.2) is 18.0 Å². The van der Waals surface area contributed by atoms with Crippen LogP contribution in [0.3, 0.4) is 0 Å². The molecule has 1 aliphatic rings. The topological polar surface area (TPSA) is 69.4 Å². The molecular formula is C13H21NO3. The molecule has 0 heterocycles. The van der Waals surface area contributed by atoms with E-state index in [1.165, 1.54) is 12.5 Å². The van der Waals surface area contributed by atoms with Gasteiger partial charge in [-0.2, -0.15) is 0 Å². The predicted molar refractivity (Wildman–Crippen MR) is 64.9 cm³/mol. The average Bonchev–Trinajstić information content (AvgIpc) is 2.66. The third kappa shape index (κ3) is 2.87. The number of carbonyl (C=O) groups is 2. The highest BCUT2D eigenvalue weighted by Gasteiger charge is 2.61. The van der Waals surface area contributed by atoms with Gasteiger partial charge in [0.05, 0.1) is 5.92 Å². The highest BCUT2D eigenvalue weighted by Crippen LogP contribution is 2.59. The Kier molecular flexibility index (Phi) is 3.65. The van der Waals surface area contributed by atoms with Gasteiger partial charge in [0.15, 0.2) is 6.10 Å². The molecule has 0 saturated heterocycles. The van der Waals surface area contributed by atoms with Crippen LogP contribution in [0.4, 0.5) is 0 Å². The Balaban J connectivity index is 2.67. The molecule has 1 amide bonds. The van der Waals surface area contributed by atoms with E-state index in [2.05, 4.69) is 6.08 Å². The summed E-state index contributed by atoms with van der Waals surface area (Å²) in [5, 5.41) is 0. The standard InChI is InChI=1S/C13H21NO3/c1-7(2)6-9-10(13(9,4)5)12(16)17-8(3)11(14)15/h6,8-10H,1-5H3,(H2,14,15)/t8-,9-,10+/m1/s1. The normalized spacial score (nSPS) is 26.9. The molecule has 0 unspecified atom stereocenters. The molecule has 4 heteroatoms. The first kappa shape index (κ1) is 13.7. The first-order chi connectivity index (χ1) is 7.67. The van der Waals surface area contributed by atoms with Gasteiger partial charge in [-0.05, 0) is 32.1 Å². The molecule has 1 aliphatic carbocycles. The van der Waals surface area contributed by atoms with E-state index in [0.717, 1.165) is 0 Å². The number of primary amides is 1. The second-order valence-corrected chi connectivity index (χ2v) is 5.55. The second kappa shape index (κ2) is 4.51. The summed E-state index contributed by atoms with van der Waals surface area (Å²) in [6.45, 7) is 9.55. The summed E-state index contributed by atoms with van der Waals surface area (Å²) in [5.41, 5.74) is 6.15. The molecule has 2 N–H and O–H groups in total. The van der Waals surface area contributed by atoms with Crippen molar-refractivity contribution in [2.75, 3.05) is 0 Å². The van der Waals surface area contributed by atoms with Crippen molar-refractivity contribution in [2.45, 2.75) is 40.7 Å². The number of rotatable bonds is 4. The van der Waals surface area contributed by atoms with Crippen LogP contribution in [0, 0.1) is 17.3 Å². The molecule has 0 radical (unpaired) electrons. The Morgan fingerprint density at radius 3 is 2.29 bits per heavy atom. The number of amides is 1. The van der Waals surface area contributed by atoms with Crippen molar-refractivity contribution >= 4 is 11.9 Å². The Hall–Kier alpha value is -1.32. The van der Waals surface area contributed by atoms with Crippen LogP contribution in [-0.2, 0) is 14.3 Å². The minimum Gasteiger partial charge on any atom is -0.452 e. The number of ether oxygens (including phenoxy) is 1. The maximum atomic E-state index is 11.9. The van der Waals surface area contributed by atoms with Crippen molar-refractivity contribution < 1.29 is 14.3 Å². The van der Waals surface area contributed by atoms with E-state index in [0.29, 0.717) is 0 Å². The summed E-state index contributed by atoms with van der Waals surface area (Å²) in [6.07, 6.45) is 1.23. The molecule has 1 saturated carbocycles. The van der Waals surface area contributed by atoms with E-state index in [1.54, 1.807) is 0 Å². The Bertz CT molecular complexity index is 367. The van der Waals surface area contributed by atoms with Crippen LogP contribution >= 0.6 is 0 Å². The second-order valence-electron chi connectivity index (χ2n) is 5.55. The highest BCUT2D eigenvalue weighted by atomic mass is 16.5. The Morgan fingerprint density at radius 2 is 1.88 bits per heavy atom. The molecule has 0 aromatic carbocycles. The smallest absolute Gasteiger partial charge is 0.310 e. The van der Waals surface area contributed by atoms with Crippen molar-refractivity contribution in [3.63, 3.8) is 0 Å². The van der Waals surface area contributed by atoms with E-state index < -0.39 is 12.0 Å². The van der Waals surface area contributed by atoms with E-state index in [1.807, 2.05) is 27.7 Å². The van der Waals surface area contributed by atoms with Crippen molar-refractivity contribution in [1.82, 2.24) is 0 Å². The molecule has 1 rings (SSSR count). The van der Waals surface area contributed by atoms with Crippen molar-refractivity contribution in [1.29, 1.82) is 0 Å². The molecule has 0 spiro atoms. The van der Waals surface area contributed by atoms with Gasteiger partial charge in [0.1, 0.15) is 0 Å². The van der Waals surface area contributed by atoms with Gasteiger partial charge in [-0.15, -0.1) is 0 Å². The molecule has 96 valence electrons. The summed E-state index contributed by atoms with van der Waals surface area (Å²) in [7, 11) is 0. The molecule has 1 fully saturated rings. The zero-order chi connectivity index (χ0) is 13.4. The summed E-state index contributed by atoms with van der Waals surface area (Å²) >= 11 is 0. The maximum Gasteiger partial charge on any atom is 0.310 e. The van der Waals surface area contributed by atoms with E-state index in [4.69, 9.17) is 10.5 Å². The number of nitrogens with two attached hydrogens (primary N) is 1. The van der Waals surface area contributed by atoms with Crippen molar-refractivity contribution in [2.24, 2.45) is 23.0 Å². The maximum absolute atomic E-state index is 11.9. The lowest BCUT2D eigenvalue weighted by Gasteiger charge is -2.09. The van der Waals surface area contributed by atoms with Gasteiger partial charge in [-0.25, -0.2) is 0 Å². The lowest BCUT2D eigenvalue weighted by molar-refractivity contribution is -0.155. The minimum atomic E-state index is -0.855. The lowest BCUT2D eigenvalue weighted by atomic mass is 10.1. The number of esters is 1. The predicted octanol–water partition coefficient (Wildman–Crippen LogP) is 1.64. The summed E-state index contributed by atoms with van der Waals surface area (Å²) in [6, 6.07) is 0. The fraction of sp³-hybridized carbons (Fsp3) is 0.692. The van der Waals surface area contributed by atoms with E-state index >= 15 is 0 Å². The Labute approximate surface area is 102 Å². The van der Waals surface area contributed by atoms with Gasteiger partial charge in [0.25, 0.3) is 5.91 Å². The molecule has 0 bridgehead atoms. The lowest BCUT2D eigenvalue weighted by Crippen LogP contribution is -2.31. The summed E-state index contributed by atoms with van der Waals surface area (Å²) in [5.74, 6) is -0.918. The third-order valence-corrected chi connectivity index (χ3v) is 3.37. The van der Waals surface area contributed by atoms with Gasteiger partial charge in [0, 0.05) is 0 Å². The Morgan fingerprint density at radius 1 is 1.35 bits per heavy atom. The van der Waals surface area contributed by atoms with Gasteiger partial charge in [-0.3, -0.25) is 9.59 Å². The largest absolute Gasteiger partial charge is 0.452 e. The fourth-order valence-corrected chi connectivity index (χ4v) is 2.10. The fourth-order valence-electron chi connectivity index (χ4n) is 2.10. The van der Waals surface area contributed by atoms with E-state index in [-0.39, 0.29) is 23.2 Å². The van der Waals surface area contributed by atoms with Crippen molar-refractivity contribution in [3.8, 4) is 0 Å². The molecule has 0 aromatic heterocycles. The average molecular weight is 239 g/mol. The van der Waals surface area contributed by atoms with Crippen LogP contribution in [0.5, 0.6) is 0 Å². The van der Waals surface area contributed by atoms with Crippen LogP contribution in [0.25, 0.3) is 0 Å². The quantitative estimate of drug-likeness (QED) is 0.599. The van der Waals surface area contributed by atoms with Gasteiger partial charge < -0.3 is 10.5 Å². The van der Waals surface area contributed by atoms with Gasteiger partial charge in [-0.1, -0.05) is 25.5 Å². The van der Waals surface area contributed by atoms with Gasteiger partial charge >= 0.3 is 5.97 Å². The van der Waals surface area contributed by atoms with E-state index in [9.17, 15) is 9.59 Å². The third-order valence-electron chi connectivity index (χ3n) is 3.37.